The van der Waals surface area contributed by atoms with Gasteiger partial charge in [0.25, 0.3) is 10.0 Å². The number of hydrogen-bond acceptors (Lipinski definition) is 5. The van der Waals surface area contributed by atoms with Crippen molar-refractivity contribution in [3.8, 4) is 5.75 Å². The van der Waals surface area contributed by atoms with Gasteiger partial charge < -0.3 is 14.9 Å². The van der Waals surface area contributed by atoms with Crippen LogP contribution in [0.15, 0.2) is 59.6 Å². The topological polar surface area (TPSA) is 88.8 Å². The van der Waals surface area contributed by atoms with Gasteiger partial charge in [0, 0.05) is 11.6 Å². The summed E-state index contributed by atoms with van der Waals surface area (Å²) in [6, 6.07) is 13.4. The highest BCUT2D eigenvalue weighted by Crippen LogP contribution is 2.29. The molecular weight excluding hydrogens is 342 g/mol. The van der Waals surface area contributed by atoms with E-state index >= 15 is 0 Å². The minimum absolute atomic E-state index is 0.0779. The molecule has 0 fully saturated rings. The summed E-state index contributed by atoms with van der Waals surface area (Å²) in [4.78, 5) is 0.206. The summed E-state index contributed by atoms with van der Waals surface area (Å²) in [5, 5.41) is 18.9. The van der Waals surface area contributed by atoms with Gasteiger partial charge in [0.15, 0.2) is 0 Å². The molecule has 0 amide bonds. The average molecular weight is 361 g/mol. The normalized spacial score (nSPS) is 13.1. The second-order valence-corrected chi connectivity index (χ2v) is 7.58. The molecule has 1 unspecified atom stereocenters. The van der Waals surface area contributed by atoms with E-state index < -0.39 is 22.7 Å². The van der Waals surface area contributed by atoms with Crippen molar-refractivity contribution in [1.29, 1.82) is 0 Å². The van der Waals surface area contributed by atoms with Crippen LogP contribution in [0.25, 0.3) is 10.9 Å². The van der Waals surface area contributed by atoms with E-state index in [0.717, 1.165) is 5.56 Å². The van der Waals surface area contributed by atoms with Crippen LogP contribution in [0.4, 0.5) is 0 Å². The molecular formula is C18H19NO5S. The van der Waals surface area contributed by atoms with Gasteiger partial charge in [0.05, 0.1) is 17.0 Å². The van der Waals surface area contributed by atoms with Gasteiger partial charge in [0.2, 0.25) is 0 Å². The standard InChI is InChI=1S/C18H19NO5S/c1-13-5-7-15(8-6-13)25(22,23)19-10-9-16-17(19)3-2-4-18(16)24-12-14(21)11-20/h2-10,14,20-21H,11-12H2,1H3. The zero-order valence-electron chi connectivity index (χ0n) is 13.7. The van der Waals surface area contributed by atoms with Gasteiger partial charge in [0.1, 0.15) is 18.5 Å². The van der Waals surface area contributed by atoms with Crippen LogP contribution in [0.2, 0.25) is 0 Å². The monoisotopic (exact) mass is 361 g/mol. The van der Waals surface area contributed by atoms with E-state index in [0.29, 0.717) is 16.7 Å². The van der Waals surface area contributed by atoms with Crippen LogP contribution in [-0.2, 0) is 10.0 Å². The Hall–Kier alpha value is -2.35. The Labute approximate surface area is 146 Å². The van der Waals surface area contributed by atoms with Crippen molar-refractivity contribution < 1.29 is 23.4 Å². The SMILES string of the molecule is Cc1ccc(S(=O)(=O)n2ccc3c(OCC(O)CO)cccc32)cc1. The molecule has 0 aliphatic heterocycles. The molecule has 2 aromatic carbocycles. The van der Waals surface area contributed by atoms with Crippen LogP contribution < -0.4 is 4.74 Å². The van der Waals surface area contributed by atoms with Crippen molar-refractivity contribution in [2.24, 2.45) is 0 Å². The molecule has 3 rings (SSSR count). The van der Waals surface area contributed by atoms with E-state index in [9.17, 15) is 13.5 Å². The van der Waals surface area contributed by atoms with Crippen molar-refractivity contribution in [2.45, 2.75) is 17.9 Å². The molecule has 1 atom stereocenters. The third-order valence-electron chi connectivity index (χ3n) is 3.88. The van der Waals surface area contributed by atoms with E-state index in [1.807, 2.05) is 6.92 Å². The largest absolute Gasteiger partial charge is 0.490 e. The number of aliphatic hydroxyl groups excluding tert-OH is 2. The second-order valence-electron chi connectivity index (χ2n) is 5.77. The maximum absolute atomic E-state index is 12.9. The van der Waals surface area contributed by atoms with Crippen LogP contribution >= 0.6 is 0 Å². The quantitative estimate of drug-likeness (QED) is 0.700. The highest BCUT2D eigenvalue weighted by Gasteiger charge is 2.20. The van der Waals surface area contributed by atoms with Crippen molar-refractivity contribution in [3.05, 3.63) is 60.3 Å². The number of rotatable bonds is 6. The highest BCUT2D eigenvalue weighted by molar-refractivity contribution is 7.90. The molecule has 0 spiro atoms. The Morgan fingerprint density at radius 3 is 2.52 bits per heavy atom. The number of fused-ring (bicyclic) bond motifs is 1. The Kier molecular flexibility index (Phi) is 4.80. The lowest BCUT2D eigenvalue weighted by Crippen LogP contribution is -2.21. The summed E-state index contributed by atoms with van der Waals surface area (Å²) in [7, 11) is -3.72. The van der Waals surface area contributed by atoms with Crippen LogP contribution in [0, 0.1) is 6.92 Å². The maximum atomic E-state index is 12.9. The van der Waals surface area contributed by atoms with E-state index in [2.05, 4.69) is 0 Å². The fourth-order valence-electron chi connectivity index (χ4n) is 2.51. The van der Waals surface area contributed by atoms with Gasteiger partial charge in [-0.2, -0.15) is 0 Å². The Morgan fingerprint density at radius 2 is 1.84 bits per heavy atom. The minimum Gasteiger partial charge on any atom is -0.490 e. The van der Waals surface area contributed by atoms with Crippen molar-refractivity contribution in [1.82, 2.24) is 3.97 Å². The van der Waals surface area contributed by atoms with Crippen LogP contribution in [0.1, 0.15) is 5.56 Å². The molecule has 7 heteroatoms. The number of aromatic nitrogens is 1. The van der Waals surface area contributed by atoms with Gasteiger partial charge in [-0.05, 0) is 37.3 Å². The number of aryl methyl sites for hydroxylation is 1. The molecule has 0 saturated heterocycles. The maximum Gasteiger partial charge on any atom is 0.268 e. The first kappa shape index (κ1) is 17.5. The lowest BCUT2D eigenvalue weighted by atomic mass is 10.2. The molecule has 0 aliphatic carbocycles. The van der Waals surface area contributed by atoms with Gasteiger partial charge in [-0.1, -0.05) is 23.8 Å². The summed E-state index contributed by atoms with van der Waals surface area (Å²) in [5.74, 6) is 0.447. The number of benzene rings is 2. The Bertz CT molecular complexity index is 976. The molecule has 1 aromatic heterocycles. The molecule has 3 aromatic rings. The molecule has 0 aliphatic rings. The summed E-state index contributed by atoms with van der Waals surface area (Å²) in [6.07, 6.45) is 0.489. The van der Waals surface area contributed by atoms with E-state index in [1.54, 1.807) is 48.5 Å². The predicted molar refractivity (Wildman–Crippen MR) is 94.3 cm³/mol. The number of ether oxygens (including phenoxy) is 1. The third-order valence-corrected chi connectivity index (χ3v) is 5.58. The summed E-state index contributed by atoms with van der Waals surface area (Å²) in [6.45, 7) is 1.41. The number of aliphatic hydroxyl groups is 2. The summed E-state index contributed by atoms with van der Waals surface area (Å²) >= 11 is 0. The predicted octanol–water partition coefficient (Wildman–Crippen LogP) is 1.92. The Morgan fingerprint density at radius 1 is 1.12 bits per heavy atom. The lowest BCUT2D eigenvalue weighted by molar-refractivity contribution is 0.0541. The second kappa shape index (κ2) is 6.87. The molecule has 0 saturated carbocycles. The van der Waals surface area contributed by atoms with Crippen molar-refractivity contribution in [3.63, 3.8) is 0 Å². The van der Waals surface area contributed by atoms with Crippen LogP contribution in [0.3, 0.4) is 0 Å². The van der Waals surface area contributed by atoms with Gasteiger partial charge in [-0.25, -0.2) is 12.4 Å². The first-order chi connectivity index (χ1) is 11.9. The summed E-state index contributed by atoms with van der Waals surface area (Å²) < 4.78 is 32.5. The molecule has 132 valence electrons. The van der Waals surface area contributed by atoms with E-state index in [4.69, 9.17) is 9.84 Å². The van der Waals surface area contributed by atoms with E-state index in [1.165, 1.54) is 10.2 Å². The molecule has 6 nitrogen and oxygen atoms in total. The van der Waals surface area contributed by atoms with Gasteiger partial charge in [-0.3, -0.25) is 0 Å². The van der Waals surface area contributed by atoms with Crippen molar-refractivity contribution in [2.75, 3.05) is 13.2 Å². The van der Waals surface area contributed by atoms with Gasteiger partial charge in [-0.15, -0.1) is 0 Å². The Balaban J connectivity index is 2.02. The van der Waals surface area contributed by atoms with Crippen LogP contribution in [0.5, 0.6) is 5.75 Å². The van der Waals surface area contributed by atoms with Crippen molar-refractivity contribution >= 4 is 20.9 Å². The van der Waals surface area contributed by atoms with Gasteiger partial charge >= 0.3 is 0 Å². The minimum atomic E-state index is -3.72. The smallest absolute Gasteiger partial charge is 0.268 e. The van der Waals surface area contributed by atoms with E-state index in [-0.39, 0.29) is 11.5 Å². The highest BCUT2D eigenvalue weighted by atomic mass is 32.2. The lowest BCUT2D eigenvalue weighted by Gasteiger charge is -2.12. The molecule has 2 N–H and O–H groups in total. The molecule has 0 bridgehead atoms. The fourth-order valence-corrected chi connectivity index (χ4v) is 3.86. The van der Waals surface area contributed by atoms with Crippen LogP contribution in [-0.4, -0.2) is 41.9 Å². The fraction of sp³-hybridized carbons (Fsp3) is 0.222. The molecule has 25 heavy (non-hydrogen) atoms. The number of hydrogen-bond donors (Lipinski definition) is 2. The first-order valence-corrected chi connectivity index (χ1v) is 9.21. The molecule has 0 radical (unpaired) electrons. The zero-order chi connectivity index (χ0) is 18.0. The first-order valence-electron chi connectivity index (χ1n) is 7.77. The number of nitrogens with zero attached hydrogens (tertiary/aromatic N) is 1. The average Bonchev–Trinajstić information content (AvgIpc) is 3.05. The third kappa shape index (κ3) is 3.39. The molecule has 1 heterocycles. The summed E-state index contributed by atoms with van der Waals surface area (Å²) in [5.41, 5.74) is 1.46. The zero-order valence-corrected chi connectivity index (χ0v) is 14.5.